The molecule has 0 aromatic heterocycles. The molecule has 1 atom stereocenters. The van der Waals surface area contributed by atoms with Crippen molar-refractivity contribution in [2.24, 2.45) is 5.92 Å². The summed E-state index contributed by atoms with van der Waals surface area (Å²) in [6.07, 6.45) is 1.85. The zero-order chi connectivity index (χ0) is 12.1. The minimum absolute atomic E-state index is 0.00319. The first-order valence-corrected chi connectivity index (χ1v) is 5.61. The van der Waals surface area contributed by atoms with Gasteiger partial charge in [0.25, 0.3) is 0 Å². The predicted octanol–water partition coefficient (Wildman–Crippen LogP) is 3.51. The Morgan fingerprint density at radius 2 is 2.19 bits per heavy atom. The van der Waals surface area contributed by atoms with Crippen molar-refractivity contribution in [2.75, 3.05) is 5.32 Å². The van der Waals surface area contributed by atoms with Crippen LogP contribution in [0.4, 0.5) is 10.1 Å². The number of hydrogen-bond acceptors (Lipinski definition) is 1. The summed E-state index contributed by atoms with van der Waals surface area (Å²) in [5.41, 5.74) is 1.44. The van der Waals surface area contributed by atoms with E-state index in [1.807, 2.05) is 13.8 Å². The summed E-state index contributed by atoms with van der Waals surface area (Å²) >= 11 is 0. The van der Waals surface area contributed by atoms with Gasteiger partial charge in [0.2, 0.25) is 5.91 Å². The fourth-order valence-corrected chi connectivity index (χ4v) is 1.59. The molecule has 0 radical (unpaired) electrons. The van der Waals surface area contributed by atoms with Gasteiger partial charge in [0.15, 0.2) is 0 Å². The SMILES string of the molecule is CCCC(C)C(=O)Nc1ccc(F)cc1C. The Kier molecular flexibility index (Phi) is 4.47. The molecule has 1 aromatic carbocycles. The highest BCUT2D eigenvalue weighted by Gasteiger charge is 2.12. The number of anilines is 1. The van der Waals surface area contributed by atoms with Crippen LogP contribution >= 0.6 is 0 Å². The van der Waals surface area contributed by atoms with Gasteiger partial charge in [-0.2, -0.15) is 0 Å². The van der Waals surface area contributed by atoms with Crippen molar-refractivity contribution in [3.63, 3.8) is 0 Å². The molecule has 1 aromatic rings. The highest BCUT2D eigenvalue weighted by atomic mass is 19.1. The molecule has 0 aliphatic rings. The topological polar surface area (TPSA) is 29.1 Å². The fraction of sp³-hybridized carbons (Fsp3) is 0.462. The van der Waals surface area contributed by atoms with Crippen LogP contribution in [0.3, 0.4) is 0 Å². The molecular weight excluding hydrogens is 205 g/mol. The Hall–Kier alpha value is -1.38. The molecule has 2 nitrogen and oxygen atoms in total. The van der Waals surface area contributed by atoms with Crippen LogP contribution in [0.2, 0.25) is 0 Å². The fourth-order valence-electron chi connectivity index (χ4n) is 1.59. The summed E-state index contributed by atoms with van der Waals surface area (Å²) < 4.78 is 12.9. The summed E-state index contributed by atoms with van der Waals surface area (Å²) in [5.74, 6) is -0.289. The predicted molar refractivity (Wildman–Crippen MR) is 63.8 cm³/mol. The van der Waals surface area contributed by atoms with E-state index >= 15 is 0 Å². The molecule has 0 aliphatic carbocycles. The number of rotatable bonds is 4. The molecule has 1 N–H and O–H groups in total. The number of hydrogen-bond donors (Lipinski definition) is 1. The molecule has 0 spiro atoms. The lowest BCUT2D eigenvalue weighted by molar-refractivity contribution is -0.119. The molecule has 0 heterocycles. The summed E-state index contributed by atoms with van der Waals surface area (Å²) in [4.78, 5) is 11.7. The largest absolute Gasteiger partial charge is 0.326 e. The monoisotopic (exact) mass is 223 g/mol. The highest BCUT2D eigenvalue weighted by molar-refractivity contribution is 5.92. The van der Waals surface area contributed by atoms with Gasteiger partial charge in [0, 0.05) is 11.6 Å². The number of halogens is 1. The van der Waals surface area contributed by atoms with E-state index in [1.165, 1.54) is 12.1 Å². The van der Waals surface area contributed by atoms with Crippen LogP contribution in [0.1, 0.15) is 32.3 Å². The van der Waals surface area contributed by atoms with Crippen molar-refractivity contribution in [1.82, 2.24) is 0 Å². The Balaban J connectivity index is 2.69. The smallest absolute Gasteiger partial charge is 0.227 e. The van der Waals surface area contributed by atoms with Gasteiger partial charge in [-0.25, -0.2) is 4.39 Å². The van der Waals surface area contributed by atoms with Crippen molar-refractivity contribution >= 4 is 11.6 Å². The molecule has 0 saturated carbocycles. The molecule has 0 fully saturated rings. The quantitative estimate of drug-likeness (QED) is 0.831. The summed E-state index contributed by atoms with van der Waals surface area (Å²) in [7, 11) is 0. The molecule has 3 heteroatoms. The number of nitrogens with one attached hydrogen (secondary N) is 1. The molecule has 0 bridgehead atoms. The van der Waals surface area contributed by atoms with E-state index in [0.717, 1.165) is 18.4 Å². The third-order valence-corrected chi connectivity index (χ3v) is 2.62. The lowest BCUT2D eigenvalue weighted by atomic mass is 10.1. The van der Waals surface area contributed by atoms with E-state index in [1.54, 1.807) is 13.0 Å². The Bertz CT molecular complexity index is 376. The lowest BCUT2D eigenvalue weighted by Gasteiger charge is -2.12. The average molecular weight is 223 g/mol. The first-order chi connectivity index (χ1) is 7.54. The first kappa shape index (κ1) is 12.7. The van der Waals surface area contributed by atoms with Crippen molar-refractivity contribution in [3.05, 3.63) is 29.6 Å². The molecule has 88 valence electrons. The minimum atomic E-state index is -0.280. The normalized spacial score (nSPS) is 12.2. The van der Waals surface area contributed by atoms with Crippen LogP contribution in [0.25, 0.3) is 0 Å². The van der Waals surface area contributed by atoms with Crippen molar-refractivity contribution in [1.29, 1.82) is 0 Å². The number of aryl methyl sites for hydroxylation is 1. The molecule has 1 amide bonds. The number of carbonyl (C=O) groups is 1. The van der Waals surface area contributed by atoms with E-state index in [0.29, 0.717) is 5.69 Å². The van der Waals surface area contributed by atoms with E-state index < -0.39 is 0 Å². The number of benzene rings is 1. The van der Waals surface area contributed by atoms with E-state index in [9.17, 15) is 9.18 Å². The van der Waals surface area contributed by atoms with Crippen LogP contribution in [0.5, 0.6) is 0 Å². The van der Waals surface area contributed by atoms with E-state index in [-0.39, 0.29) is 17.6 Å². The molecule has 0 aliphatic heterocycles. The van der Waals surface area contributed by atoms with Gasteiger partial charge in [0.1, 0.15) is 5.82 Å². The van der Waals surface area contributed by atoms with Crippen LogP contribution in [0, 0.1) is 18.7 Å². The third kappa shape index (κ3) is 3.33. The molecular formula is C13H18FNO. The van der Waals surface area contributed by atoms with E-state index in [4.69, 9.17) is 0 Å². The second kappa shape index (κ2) is 5.64. The van der Waals surface area contributed by atoms with Crippen LogP contribution in [0.15, 0.2) is 18.2 Å². The molecule has 1 rings (SSSR count). The van der Waals surface area contributed by atoms with Crippen molar-refractivity contribution < 1.29 is 9.18 Å². The van der Waals surface area contributed by atoms with Gasteiger partial charge in [0.05, 0.1) is 0 Å². The van der Waals surface area contributed by atoms with Gasteiger partial charge in [-0.05, 0) is 37.1 Å². The second-order valence-electron chi connectivity index (χ2n) is 4.14. The van der Waals surface area contributed by atoms with Crippen molar-refractivity contribution in [3.8, 4) is 0 Å². The molecule has 16 heavy (non-hydrogen) atoms. The maximum absolute atomic E-state index is 12.9. The van der Waals surface area contributed by atoms with Crippen LogP contribution in [-0.2, 0) is 4.79 Å². The Labute approximate surface area is 95.9 Å². The maximum atomic E-state index is 12.9. The van der Waals surface area contributed by atoms with Gasteiger partial charge in [-0.15, -0.1) is 0 Å². The van der Waals surface area contributed by atoms with Gasteiger partial charge >= 0.3 is 0 Å². The molecule has 0 saturated heterocycles. The van der Waals surface area contributed by atoms with Crippen LogP contribution < -0.4 is 5.32 Å². The second-order valence-corrected chi connectivity index (χ2v) is 4.14. The standard InChI is InChI=1S/C13H18FNO/c1-4-5-9(2)13(16)15-12-7-6-11(14)8-10(12)3/h6-9H,4-5H2,1-3H3,(H,15,16). The zero-order valence-electron chi connectivity index (χ0n) is 10.0. The summed E-state index contributed by atoms with van der Waals surface area (Å²) in [6, 6.07) is 4.37. The lowest BCUT2D eigenvalue weighted by Crippen LogP contribution is -2.20. The minimum Gasteiger partial charge on any atom is -0.326 e. The Morgan fingerprint density at radius 3 is 2.75 bits per heavy atom. The highest BCUT2D eigenvalue weighted by Crippen LogP contribution is 2.17. The van der Waals surface area contributed by atoms with Crippen molar-refractivity contribution in [2.45, 2.75) is 33.6 Å². The average Bonchev–Trinajstić information content (AvgIpc) is 2.22. The summed E-state index contributed by atoms with van der Waals surface area (Å²) in [6.45, 7) is 5.73. The zero-order valence-corrected chi connectivity index (χ0v) is 10.0. The third-order valence-electron chi connectivity index (χ3n) is 2.62. The van der Waals surface area contributed by atoms with Gasteiger partial charge in [-0.3, -0.25) is 4.79 Å². The number of amides is 1. The van der Waals surface area contributed by atoms with Gasteiger partial charge < -0.3 is 5.32 Å². The number of carbonyl (C=O) groups excluding carboxylic acids is 1. The van der Waals surface area contributed by atoms with Gasteiger partial charge in [-0.1, -0.05) is 20.3 Å². The Morgan fingerprint density at radius 1 is 1.50 bits per heavy atom. The molecule has 1 unspecified atom stereocenters. The maximum Gasteiger partial charge on any atom is 0.227 e. The first-order valence-electron chi connectivity index (χ1n) is 5.61. The van der Waals surface area contributed by atoms with E-state index in [2.05, 4.69) is 5.32 Å². The van der Waals surface area contributed by atoms with Crippen LogP contribution in [-0.4, -0.2) is 5.91 Å². The summed E-state index contributed by atoms with van der Waals surface area (Å²) in [5, 5.41) is 2.82.